The average molecular weight is 393 g/mol. The number of rotatable bonds is 4. The second kappa shape index (κ2) is 7.41. The first-order chi connectivity index (χ1) is 12.8. The summed E-state index contributed by atoms with van der Waals surface area (Å²) in [6.45, 7) is 0.0587. The third-order valence-electron chi connectivity index (χ3n) is 4.31. The number of hydrogen-bond donors (Lipinski definition) is 0. The molecule has 2 aromatic rings. The van der Waals surface area contributed by atoms with Gasteiger partial charge in [-0.3, -0.25) is 14.9 Å². The fourth-order valence-corrected chi connectivity index (χ4v) is 4.40. The van der Waals surface area contributed by atoms with E-state index in [1.54, 1.807) is 0 Å². The lowest BCUT2D eigenvalue weighted by Crippen LogP contribution is -2.50. The minimum Gasteiger partial charge on any atom is -0.336 e. The summed E-state index contributed by atoms with van der Waals surface area (Å²) in [7, 11) is -4.02. The predicted octanol–water partition coefficient (Wildman–Crippen LogP) is 1.88. The van der Waals surface area contributed by atoms with E-state index in [9.17, 15) is 27.7 Å². The molecule has 3 rings (SSSR count). The van der Waals surface area contributed by atoms with E-state index in [-0.39, 0.29) is 37.4 Å². The van der Waals surface area contributed by atoms with E-state index in [0.29, 0.717) is 0 Å². The van der Waals surface area contributed by atoms with Gasteiger partial charge in [-0.25, -0.2) is 12.8 Å². The zero-order valence-electron chi connectivity index (χ0n) is 14.1. The van der Waals surface area contributed by atoms with Crippen LogP contribution in [-0.2, 0) is 10.0 Å². The lowest BCUT2D eigenvalue weighted by atomic mass is 10.1. The van der Waals surface area contributed by atoms with Crippen molar-refractivity contribution in [3.8, 4) is 0 Å². The molecule has 0 bridgehead atoms. The highest BCUT2D eigenvalue weighted by atomic mass is 32.2. The Morgan fingerprint density at radius 2 is 1.59 bits per heavy atom. The molecule has 0 N–H and O–H groups in total. The van der Waals surface area contributed by atoms with Gasteiger partial charge in [0.2, 0.25) is 10.0 Å². The molecule has 0 saturated carbocycles. The van der Waals surface area contributed by atoms with Crippen molar-refractivity contribution in [2.75, 3.05) is 26.2 Å². The highest BCUT2D eigenvalue weighted by Crippen LogP contribution is 2.23. The Hall–Kier alpha value is -2.85. The topological polar surface area (TPSA) is 101 Å². The maximum atomic E-state index is 13.9. The molecule has 0 unspecified atom stereocenters. The molecule has 27 heavy (non-hydrogen) atoms. The minimum absolute atomic E-state index is 0.0248. The zero-order chi connectivity index (χ0) is 19.6. The Morgan fingerprint density at radius 3 is 2.22 bits per heavy atom. The summed E-state index contributed by atoms with van der Waals surface area (Å²) >= 11 is 0. The molecule has 1 aliphatic heterocycles. The Kier molecular flexibility index (Phi) is 5.19. The summed E-state index contributed by atoms with van der Waals surface area (Å²) in [4.78, 5) is 24.0. The van der Waals surface area contributed by atoms with Crippen LogP contribution in [0, 0.1) is 15.9 Å². The van der Waals surface area contributed by atoms with Gasteiger partial charge in [-0.15, -0.1) is 0 Å². The van der Waals surface area contributed by atoms with Crippen molar-refractivity contribution in [3.05, 3.63) is 70.0 Å². The second-order valence-electron chi connectivity index (χ2n) is 5.90. The largest absolute Gasteiger partial charge is 0.336 e. The van der Waals surface area contributed by atoms with Crippen molar-refractivity contribution in [3.63, 3.8) is 0 Å². The molecule has 0 aromatic heterocycles. The number of piperazine rings is 1. The third kappa shape index (κ3) is 3.67. The summed E-state index contributed by atoms with van der Waals surface area (Å²) in [5.74, 6) is -1.37. The summed E-state index contributed by atoms with van der Waals surface area (Å²) < 4.78 is 40.1. The summed E-state index contributed by atoms with van der Waals surface area (Å²) in [5.41, 5.74) is -0.350. The van der Waals surface area contributed by atoms with Crippen molar-refractivity contribution in [2.45, 2.75) is 4.90 Å². The third-order valence-corrected chi connectivity index (χ3v) is 6.24. The van der Waals surface area contributed by atoms with Crippen LogP contribution in [-0.4, -0.2) is 54.6 Å². The van der Waals surface area contributed by atoms with E-state index in [1.165, 1.54) is 47.4 Å². The zero-order valence-corrected chi connectivity index (χ0v) is 14.9. The van der Waals surface area contributed by atoms with Crippen molar-refractivity contribution < 1.29 is 22.5 Å². The van der Waals surface area contributed by atoms with E-state index < -0.39 is 31.6 Å². The maximum Gasteiger partial charge on any atom is 0.282 e. The van der Waals surface area contributed by atoms with Crippen LogP contribution in [0.25, 0.3) is 0 Å². The molecule has 1 saturated heterocycles. The van der Waals surface area contributed by atoms with Gasteiger partial charge in [0, 0.05) is 32.2 Å². The molecular weight excluding hydrogens is 377 g/mol. The van der Waals surface area contributed by atoms with Gasteiger partial charge in [-0.2, -0.15) is 4.31 Å². The van der Waals surface area contributed by atoms with Crippen molar-refractivity contribution >= 4 is 21.6 Å². The minimum atomic E-state index is -4.02. The number of sulfonamides is 1. The van der Waals surface area contributed by atoms with Crippen LogP contribution in [0.5, 0.6) is 0 Å². The first-order valence-electron chi connectivity index (χ1n) is 8.10. The normalized spacial score (nSPS) is 15.5. The standard InChI is InChI=1S/C17H16FN3O5S/c18-14-6-2-4-8-16(14)27(25,26)20-11-9-19(10-12-20)17(22)13-5-1-3-7-15(13)21(23)24/h1-8H,9-12H2. The first-order valence-corrected chi connectivity index (χ1v) is 9.54. The van der Waals surface area contributed by atoms with Crippen molar-refractivity contribution in [1.82, 2.24) is 9.21 Å². The number of nitrogens with zero attached hydrogens (tertiary/aromatic N) is 3. The van der Waals surface area contributed by atoms with Gasteiger partial charge in [0.15, 0.2) is 0 Å². The fourth-order valence-electron chi connectivity index (χ4n) is 2.91. The van der Waals surface area contributed by atoms with E-state index in [0.717, 1.165) is 10.4 Å². The number of carbonyl (C=O) groups excluding carboxylic acids is 1. The monoisotopic (exact) mass is 393 g/mol. The highest BCUT2D eigenvalue weighted by molar-refractivity contribution is 7.89. The van der Waals surface area contributed by atoms with Gasteiger partial charge >= 0.3 is 0 Å². The molecule has 0 atom stereocenters. The first kappa shape index (κ1) is 18.9. The van der Waals surface area contributed by atoms with Crippen LogP contribution < -0.4 is 0 Å². The molecule has 8 nitrogen and oxygen atoms in total. The lowest BCUT2D eigenvalue weighted by molar-refractivity contribution is -0.385. The Bertz CT molecular complexity index is 988. The molecular formula is C17H16FN3O5S. The Morgan fingerprint density at radius 1 is 1.00 bits per heavy atom. The number of nitro benzene ring substituents is 1. The molecule has 142 valence electrons. The molecule has 0 spiro atoms. The van der Waals surface area contributed by atoms with Gasteiger partial charge < -0.3 is 4.90 Å². The molecule has 10 heteroatoms. The SMILES string of the molecule is O=C(c1ccccc1[N+](=O)[O-])N1CCN(S(=O)(=O)c2ccccc2F)CC1. The molecule has 2 aromatic carbocycles. The number of carbonyl (C=O) groups is 1. The van der Waals surface area contributed by atoms with E-state index in [4.69, 9.17) is 0 Å². The number of halogens is 1. The average Bonchev–Trinajstić information content (AvgIpc) is 2.67. The van der Waals surface area contributed by atoms with Crippen molar-refractivity contribution in [1.29, 1.82) is 0 Å². The molecule has 0 radical (unpaired) electrons. The molecule has 1 heterocycles. The summed E-state index contributed by atoms with van der Waals surface area (Å²) in [6, 6.07) is 10.7. The summed E-state index contributed by atoms with van der Waals surface area (Å²) in [5, 5.41) is 11.1. The fraction of sp³-hybridized carbons (Fsp3) is 0.235. The van der Waals surface area contributed by atoms with E-state index in [1.807, 2.05) is 0 Å². The number of nitro groups is 1. The maximum absolute atomic E-state index is 13.9. The quantitative estimate of drug-likeness (QED) is 0.583. The van der Waals surface area contributed by atoms with Gasteiger partial charge in [-0.05, 0) is 18.2 Å². The Balaban J connectivity index is 1.75. The van der Waals surface area contributed by atoms with E-state index in [2.05, 4.69) is 0 Å². The number of amides is 1. The smallest absolute Gasteiger partial charge is 0.282 e. The van der Waals surface area contributed by atoms with Crippen LogP contribution in [0.2, 0.25) is 0 Å². The molecule has 1 amide bonds. The van der Waals surface area contributed by atoms with Crippen molar-refractivity contribution in [2.24, 2.45) is 0 Å². The van der Waals surface area contributed by atoms with Gasteiger partial charge in [0.1, 0.15) is 16.3 Å². The number of hydrogen-bond acceptors (Lipinski definition) is 5. The number of para-hydroxylation sites is 1. The molecule has 0 aliphatic carbocycles. The van der Waals surface area contributed by atoms with Crippen LogP contribution in [0.1, 0.15) is 10.4 Å². The van der Waals surface area contributed by atoms with Crippen LogP contribution >= 0.6 is 0 Å². The molecule has 1 fully saturated rings. The van der Waals surface area contributed by atoms with Crippen LogP contribution in [0.15, 0.2) is 53.4 Å². The molecule has 1 aliphatic rings. The lowest BCUT2D eigenvalue weighted by Gasteiger charge is -2.34. The number of benzene rings is 2. The van der Waals surface area contributed by atoms with E-state index >= 15 is 0 Å². The Labute approximate surface area is 155 Å². The second-order valence-corrected chi connectivity index (χ2v) is 7.81. The summed E-state index contributed by atoms with van der Waals surface area (Å²) in [6.07, 6.45) is 0. The van der Waals surface area contributed by atoms with Crippen LogP contribution in [0.4, 0.5) is 10.1 Å². The predicted molar refractivity (Wildman–Crippen MR) is 94.2 cm³/mol. The van der Waals surface area contributed by atoms with Gasteiger partial charge in [0.05, 0.1) is 4.92 Å². The van der Waals surface area contributed by atoms with Gasteiger partial charge in [0.25, 0.3) is 11.6 Å². The highest BCUT2D eigenvalue weighted by Gasteiger charge is 2.33. The van der Waals surface area contributed by atoms with Gasteiger partial charge in [-0.1, -0.05) is 24.3 Å². The van der Waals surface area contributed by atoms with Crippen LogP contribution in [0.3, 0.4) is 0 Å².